The van der Waals surface area contributed by atoms with Gasteiger partial charge in [-0.3, -0.25) is 4.79 Å². The molecule has 0 radical (unpaired) electrons. The van der Waals surface area contributed by atoms with Crippen molar-refractivity contribution >= 4 is 17.7 Å². The summed E-state index contributed by atoms with van der Waals surface area (Å²) in [5.41, 5.74) is -0.725. The Hall–Kier alpha value is -1.55. The first-order chi connectivity index (χ1) is 8.55. The van der Waals surface area contributed by atoms with Crippen LogP contribution < -0.4 is 5.32 Å². The maximum Gasteiger partial charge on any atom is 0.231 e. The third kappa shape index (κ3) is 2.82. The van der Waals surface area contributed by atoms with E-state index in [-0.39, 0.29) is 11.7 Å². The lowest BCUT2D eigenvalue weighted by atomic mass is 9.98. The summed E-state index contributed by atoms with van der Waals surface area (Å²) in [5.74, 6) is 0.404. The van der Waals surface area contributed by atoms with Crippen LogP contribution in [0.4, 0.5) is 0 Å². The fourth-order valence-corrected chi connectivity index (χ4v) is 2.44. The van der Waals surface area contributed by atoms with Gasteiger partial charge in [-0.05, 0) is 25.7 Å². The summed E-state index contributed by atoms with van der Waals surface area (Å²) in [6.45, 7) is 1.79. The molecule has 0 spiro atoms. The monoisotopic (exact) mass is 265 g/mol. The molecule has 0 saturated heterocycles. The second-order valence-electron chi connectivity index (χ2n) is 4.59. The Morgan fingerprint density at radius 1 is 1.78 bits per heavy atom. The lowest BCUT2D eigenvalue weighted by Gasteiger charge is -2.22. The van der Waals surface area contributed by atoms with Gasteiger partial charge in [0.1, 0.15) is 11.9 Å². The molecule has 1 aliphatic carbocycles. The first-order valence-electron chi connectivity index (χ1n) is 5.74. The average molecular weight is 265 g/mol. The number of nitrogens with one attached hydrogen (secondary N) is 1. The topological polar surface area (TPSA) is 83.6 Å². The fraction of sp³-hybridized carbons (Fsp3) is 0.636. The number of nitrogens with zero attached hydrogens (tertiary/aromatic N) is 4. The highest BCUT2D eigenvalue weighted by Gasteiger charge is 2.42. The van der Waals surface area contributed by atoms with Crippen LogP contribution in [-0.2, 0) is 11.8 Å². The maximum atomic E-state index is 11.8. The Balaban J connectivity index is 1.86. The number of thioether (sulfide) groups is 1. The molecule has 1 aliphatic rings. The molecule has 6 nitrogen and oxygen atoms in total. The second kappa shape index (κ2) is 4.98. The first kappa shape index (κ1) is 12.9. The van der Waals surface area contributed by atoms with E-state index in [1.807, 2.05) is 0 Å². The molecule has 1 aromatic rings. The van der Waals surface area contributed by atoms with Crippen molar-refractivity contribution in [3.05, 3.63) is 6.33 Å². The van der Waals surface area contributed by atoms with Crippen molar-refractivity contribution in [2.24, 2.45) is 13.0 Å². The fourth-order valence-electron chi connectivity index (χ4n) is 1.75. The molecule has 1 atom stereocenters. The Bertz CT molecular complexity index is 490. The van der Waals surface area contributed by atoms with Crippen molar-refractivity contribution in [2.75, 3.05) is 5.75 Å². The minimum atomic E-state index is -0.725. The molecule has 0 unspecified atom stereocenters. The van der Waals surface area contributed by atoms with E-state index in [1.165, 1.54) is 18.1 Å². The molecule has 18 heavy (non-hydrogen) atoms. The van der Waals surface area contributed by atoms with Crippen molar-refractivity contribution in [3.63, 3.8) is 0 Å². The van der Waals surface area contributed by atoms with Gasteiger partial charge in [0.25, 0.3) is 0 Å². The molecule has 0 aromatic carbocycles. The third-order valence-corrected chi connectivity index (χ3v) is 4.06. The Morgan fingerprint density at radius 2 is 2.50 bits per heavy atom. The molecule has 1 fully saturated rings. The number of aromatic nitrogens is 3. The van der Waals surface area contributed by atoms with Crippen LogP contribution >= 0.6 is 11.8 Å². The number of carbonyl (C=O) groups is 1. The summed E-state index contributed by atoms with van der Waals surface area (Å²) in [6.07, 6.45) is 3.48. The van der Waals surface area contributed by atoms with Gasteiger partial charge >= 0.3 is 0 Å². The molecule has 7 heteroatoms. The lowest BCUT2D eigenvalue weighted by Crippen LogP contribution is -2.47. The first-order valence-corrected chi connectivity index (χ1v) is 6.73. The predicted octanol–water partition coefficient (Wildman–Crippen LogP) is 0.716. The van der Waals surface area contributed by atoms with Crippen molar-refractivity contribution in [2.45, 2.75) is 30.5 Å². The smallest absolute Gasteiger partial charge is 0.231 e. The van der Waals surface area contributed by atoms with Crippen LogP contribution in [0.1, 0.15) is 19.8 Å². The van der Waals surface area contributed by atoms with Gasteiger partial charge in [0.15, 0.2) is 5.16 Å². The summed E-state index contributed by atoms with van der Waals surface area (Å²) in [5, 5.41) is 16.6. The van der Waals surface area contributed by atoms with E-state index >= 15 is 0 Å². The molecular formula is C11H15N5OS. The number of hydrogen-bond donors (Lipinski definition) is 1. The molecular weight excluding hydrogens is 250 g/mol. The summed E-state index contributed by atoms with van der Waals surface area (Å²) in [4.78, 5) is 15.8. The summed E-state index contributed by atoms with van der Waals surface area (Å²) in [6, 6.07) is 2.20. The molecule has 1 amide bonds. The van der Waals surface area contributed by atoms with Crippen molar-refractivity contribution in [1.29, 1.82) is 5.26 Å². The van der Waals surface area contributed by atoms with Crippen molar-refractivity contribution in [3.8, 4) is 6.07 Å². The molecule has 1 heterocycles. The van der Waals surface area contributed by atoms with E-state index in [4.69, 9.17) is 5.26 Å². The predicted molar refractivity (Wildman–Crippen MR) is 66.6 cm³/mol. The number of nitriles is 1. The van der Waals surface area contributed by atoms with E-state index < -0.39 is 5.54 Å². The van der Waals surface area contributed by atoms with Crippen molar-refractivity contribution in [1.82, 2.24) is 20.1 Å². The number of carbonyl (C=O) groups excluding carboxylic acids is 1. The van der Waals surface area contributed by atoms with Crippen LogP contribution in [-0.4, -0.2) is 32.0 Å². The normalized spacial score (nSPS) is 17.8. The zero-order valence-corrected chi connectivity index (χ0v) is 11.2. The quantitative estimate of drug-likeness (QED) is 0.793. The highest BCUT2D eigenvalue weighted by Crippen LogP contribution is 2.39. The molecule has 0 bridgehead atoms. The third-order valence-electron chi connectivity index (χ3n) is 3.03. The largest absolute Gasteiger partial charge is 0.337 e. The minimum Gasteiger partial charge on any atom is -0.337 e. The van der Waals surface area contributed by atoms with Gasteiger partial charge in [0, 0.05) is 7.05 Å². The van der Waals surface area contributed by atoms with Crippen LogP contribution in [0.5, 0.6) is 0 Å². The van der Waals surface area contributed by atoms with E-state index in [0.717, 1.165) is 12.8 Å². The van der Waals surface area contributed by atoms with E-state index in [1.54, 1.807) is 18.7 Å². The zero-order chi connectivity index (χ0) is 13.2. The molecule has 96 valence electrons. The number of hydrogen-bond acceptors (Lipinski definition) is 5. The van der Waals surface area contributed by atoms with E-state index in [9.17, 15) is 4.79 Å². The summed E-state index contributed by atoms with van der Waals surface area (Å²) < 4.78 is 1.61. The van der Waals surface area contributed by atoms with E-state index in [2.05, 4.69) is 21.5 Å². The van der Waals surface area contributed by atoms with Crippen LogP contribution in [0.3, 0.4) is 0 Å². The average Bonchev–Trinajstić information content (AvgIpc) is 3.12. The molecule has 0 aliphatic heterocycles. The number of rotatable bonds is 5. The SMILES string of the molecule is Cn1ncnc1SCC(=O)N[C@@](C)(C#N)C1CC1. The standard InChI is InChI=1S/C11H15N5OS/c1-11(6-12,8-3-4-8)15-9(17)5-18-10-13-7-14-16(10)2/h7-8H,3-5H2,1-2H3,(H,15,17)/t11-/m0/s1. The minimum absolute atomic E-state index is 0.140. The summed E-state index contributed by atoms with van der Waals surface area (Å²) >= 11 is 1.31. The number of aryl methyl sites for hydroxylation is 1. The van der Waals surface area contributed by atoms with Gasteiger partial charge in [0.2, 0.25) is 5.91 Å². The van der Waals surface area contributed by atoms with Gasteiger partial charge in [0.05, 0.1) is 11.8 Å². The molecule has 1 N–H and O–H groups in total. The molecule has 1 saturated carbocycles. The van der Waals surface area contributed by atoms with Crippen LogP contribution in [0, 0.1) is 17.2 Å². The maximum absolute atomic E-state index is 11.8. The van der Waals surface area contributed by atoms with Gasteiger partial charge < -0.3 is 5.32 Å². The Morgan fingerprint density at radius 3 is 3.00 bits per heavy atom. The number of amides is 1. The molecule has 1 aromatic heterocycles. The van der Waals surface area contributed by atoms with E-state index in [0.29, 0.717) is 11.1 Å². The van der Waals surface area contributed by atoms with Crippen LogP contribution in [0.25, 0.3) is 0 Å². The Kier molecular flexibility index (Phi) is 3.57. The van der Waals surface area contributed by atoms with Gasteiger partial charge in [-0.1, -0.05) is 11.8 Å². The molecule has 2 rings (SSSR count). The van der Waals surface area contributed by atoms with Gasteiger partial charge in [-0.2, -0.15) is 10.4 Å². The Labute approximate surface area is 110 Å². The van der Waals surface area contributed by atoms with Crippen molar-refractivity contribution < 1.29 is 4.79 Å². The summed E-state index contributed by atoms with van der Waals surface area (Å²) in [7, 11) is 1.77. The lowest BCUT2D eigenvalue weighted by molar-refractivity contribution is -0.119. The van der Waals surface area contributed by atoms with Crippen LogP contribution in [0.15, 0.2) is 11.5 Å². The van der Waals surface area contributed by atoms with Crippen LogP contribution in [0.2, 0.25) is 0 Å². The van der Waals surface area contributed by atoms with Gasteiger partial charge in [-0.15, -0.1) is 0 Å². The second-order valence-corrected chi connectivity index (χ2v) is 5.53. The zero-order valence-electron chi connectivity index (χ0n) is 10.4. The van der Waals surface area contributed by atoms with Gasteiger partial charge in [-0.25, -0.2) is 9.67 Å². The highest BCUT2D eigenvalue weighted by molar-refractivity contribution is 7.99. The highest BCUT2D eigenvalue weighted by atomic mass is 32.2.